The van der Waals surface area contributed by atoms with Crippen LogP contribution in [-0.2, 0) is 9.53 Å². The Hall–Kier alpha value is -0.610. The van der Waals surface area contributed by atoms with Crippen LogP contribution in [0, 0.1) is 0 Å². The first-order chi connectivity index (χ1) is 8.63. The van der Waals surface area contributed by atoms with E-state index in [1.54, 1.807) is 0 Å². The number of carbonyl (C=O) groups is 1. The molecule has 106 valence electrons. The van der Waals surface area contributed by atoms with Crippen LogP contribution >= 0.6 is 0 Å². The lowest BCUT2D eigenvalue weighted by Gasteiger charge is -2.26. The first kappa shape index (κ1) is 15.4. The van der Waals surface area contributed by atoms with Gasteiger partial charge in [-0.15, -0.1) is 0 Å². The molecule has 0 spiro atoms. The van der Waals surface area contributed by atoms with Crippen molar-refractivity contribution in [2.45, 2.75) is 77.0 Å². The maximum absolute atomic E-state index is 12.0. The Labute approximate surface area is 111 Å². The van der Waals surface area contributed by atoms with E-state index in [1.807, 2.05) is 13.8 Å². The Balaban J connectivity index is 2.27. The monoisotopic (exact) mass is 256 g/mol. The van der Waals surface area contributed by atoms with Gasteiger partial charge in [0, 0.05) is 12.6 Å². The summed E-state index contributed by atoms with van der Waals surface area (Å²) in [5.41, 5.74) is 5.65. The SMILES string of the molecule is CCC(OC1CCCCC1)C(=O)NCCC(C)N. The molecular weight excluding hydrogens is 228 g/mol. The van der Waals surface area contributed by atoms with Gasteiger partial charge in [0.05, 0.1) is 6.10 Å². The number of amides is 1. The number of hydrogen-bond acceptors (Lipinski definition) is 3. The van der Waals surface area contributed by atoms with Gasteiger partial charge in [-0.2, -0.15) is 0 Å². The Morgan fingerprint density at radius 1 is 1.39 bits per heavy atom. The maximum atomic E-state index is 12.0. The summed E-state index contributed by atoms with van der Waals surface area (Å²) in [5.74, 6) is 0.0173. The van der Waals surface area contributed by atoms with Gasteiger partial charge in [-0.3, -0.25) is 4.79 Å². The minimum Gasteiger partial charge on any atom is -0.365 e. The number of hydrogen-bond donors (Lipinski definition) is 2. The topological polar surface area (TPSA) is 64.3 Å². The molecule has 2 unspecified atom stereocenters. The summed E-state index contributed by atoms with van der Waals surface area (Å²) in [6.45, 7) is 4.58. The third-order valence-corrected chi connectivity index (χ3v) is 3.47. The Morgan fingerprint density at radius 3 is 2.61 bits per heavy atom. The van der Waals surface area contributed by atoms with Crippen LogP contribution in [0.3, 0.4) is 0 Å². The molecule has 0 aromatic rings. The smallest absolute Gasteiger partial charge is 0.249 e. The van der Waals surface area contributed by atoms with Crippen LogP contribution in [0.5, 0.6) is 0 Å². The van der Waals surface area contributed by atoms with E-state index in [9.17, 15) is 4.79 Å². The number of nitrogens with one attached hydrogen (secondary N) is 1. The zero-order valence-corrected chi connectivity index (χ0v) is 11.8. The zero-order chi connectivity index (χ0) is 13.4. The molecule has 1 saturated carbocycles. The highest BCUT2D eigenvalue weighted by atomic mass is 16.5. The second-order valence-electron chi connectivity index (χ2n) is 5.35. The van der Waals surface area contributed by atoms with Crippen LogP contribution in [0.1, 0.15) is 58.8 Å². The number of rotatable bonds is 7. The average molecular weight is 256 g/mol. The van der Waals surface area contributed by atoms with Gasteiger partial charge in [-0.05, 0) is 32.6 Å². The predicted molar refractivity (Wildman–Crippen MR) is 73.3 cm³/mol. The first-order valence-corrected chi connectivity index (χ1v) is 7.32. The minimum absolute atomic E-state index is 0.0173. The van der Waals surface area contributed by atoms with Gasteiger partial charge in [0.1, 0.15) is 6.10 Å². The summed E-state index contributed by atoms with van der Waals surface area (Å²) in [4.78, 5) is 12.0. The lowest BCUT2D eigenvalue weighted by Crippen LogP contribution is -2.40. The van der Waals surface area contributed by atoms with Gasteiger partial charge in [-0.1, -0.05) is 26.2 Å². The molecule has 0 aromatic carbocycles. The Bertz CT molecular complexity index is 238. The van der Waals surface area contributed by atoms with Gasteiger partial charge < -0.3 is 15.8 Å². The second-order valence-corrected chi connectivity index (χ2v) is 5.35. The summed E-state index contributed by atoms with van der Waals surface area (Å²) in [6, 6.07) is 0.129. The van der Waals surface area contributed by atoms with Crippen LogP contribution in [0.15, 0.2) is 0 Å². The quantitative estimate of drug-likeness (QED) is 0.732. The van der Waals surface area contributed by atoms with E-state index in [-0.39, 0.29) is 24.2 Å². The second kappa shape index (κ2) is 8.48. The van der Waals surface area contributed by atoms with Crippen molar-refractivity contribution in [3.05, 3.63) is 0 Å². The van der Waals surface area contributed by atoms with Crippen molar-refractivity contribution in [2.24, 2.45) is 5.73 Å². The fourth-order valence-corrected chi connectivity index (χ4v) is 2.31. The molecule has 1 aliphatic rings. The summed E-state index contributed by atoms with van der Waals surface area (Å²) in [5, 5.41) is 2.91. The van der Waals surface area contributed by atoms with E-state index in [2.05, 4.69) is 5.32 Å². The Kier molecular flexibility index (Phi) is 7.28. The summed E-state index contributed by atoms with van der Waals surface area (Å²) < 4.78 is 5.92. The van der Waals surface area contributed by atoms with E-state index < -0.39 is 0 Å². The van der Waals surface area contributed by atoms with E-state index in [0.717, 1.165) is 25.7 Å². The van der Waals surface area contributed by atoms with Crippen molar-refractivity contribution < 1.29 is 9.53 Å². The first-order valence-electron chi connectivity index (χ1n) is 7.32. The van der Waals surface area contributed by atoms with Crippen LogP contribution in [0.25, 0.3) is 0 Å². The summed E-state index contributed by atoms with van der Waals surface area (Å²) >= 11 is 0. The highest BCUT2D eigenvalue weighted by Crippen LogP contribution is 2.22. The molecule has 18 heavy (non-hydrogen) atoms. The molecule has 2 atom stereocenters. The summed E-state index contributed by atoms with van der Waals surface area (Å²) in [6.07, 6.45) is 7.50. The molecule has 0 aliphatic heterocycles. The molecule has 1 rings (SSSR count). The largest absolute Gasteiger partial charge is 0.365 e. The third-order valence-electron chi connectivity index (χ3n) is 3.47. The zero-order valence-electron chi connectivity index (χ0n) is 11.8. The molecule has 0 saturated heterocycles. The van der Waals surface area contributed by atoms with Crippen LogP contribution < -0.4 is 11.1 Å². The minimum atomic E-state index is -0.291. The fourth-order valence-electron chi connectivity index (χ4n) is 2.31. The van der Waals surface area contributed by atoms with Gasteiger partial charge >= 0.3 is 0 Å². The maximum Gasteiger partial charge on any atom is 0.249 e. The van der Waals surface area contributed by atoms with Crippen molar-refractivity contribution in [3.8, 4) is 0 Å². The van der Waals surface area contributed by atoms with Gasteiger partial charge in [0.25, 0.3) is 0 Å². The molecule has 3 N–H and O–H groups in total. The Morgan fingerprint density at radius 2 is 2.06 bits per heavy atom. The molecule has 4 nitrogen and oxygen atoms in total. The predicted octanol–water partition coefficient (Wildman–Crippen LogP) is 1.97. The van der Waals surface area contributed by atoms with E-state index in [1.165, 1.54) is 19.3 Å². The van der Waals surface area contributed by atoms with Crippen molar-refractivity contribution in [2.75, 3.05) is 6.54 Å². The molecule has 1 fully saturated rings. The molecule has 0 radical (unpaired) electrons. The van der Waals surface area contributed by atoms with Gasteiger partial charge in [0.15, 0.2) is 0 Å². The van der Waals surface area contributed by atoms with Crippen molar-refractivity contribution in [1.29, 1.82) is 0 Å². The van der Waals surface area contributed by atoms with Crippen molar-refractivity contribution in [3.63, 3.8) is 0 Å². The van der Waals surface area contributed by atoms with Gasteiger partial charge in [-0.25, -0.2) is 0 Å². The normalized spacial score (nSPS) is 20.4. The molecule has 0 aromatic heterocycles. The van der Waals surface area contributed by atoms with E-state index in [0.29, 0.717) is 6.54 Å². The highest BCUT2D eigenvalue weighted by Gasteiger charge is 2.23. The lowest BCUT2D eigenvalue weighted by molar-refractivity contribution is -0.138. The van der Waals surface area contributed by atoms with Crippen LogP contribution in [-0.4, -0.2) is 30.7 Å². The molecule has 4 heteroatoms. The molecule has 1 amide bonds. The highest BCUT2D eigenvalue weighted by molar-refractivity contribution is 5.80. The molecule has 0 heterocycles. The molecule has 1 aliphatic carbocycles. The fraction of sp³-hybridized carbons (Fsp3) is 0.929. The number of carbonyl (C=O) groups excluding carboxylic acids is 1. The van der Waals surface area contributed by atoms with Crippen LogP contribution in [0.2, 0.25) is 0 Å². The standard InChI is InChI=1S/C14H28N2O2/c1-3-13(14(17)16-10-9-11(2)15)18-12-7-5-4-6-8-12/h11-13H,3-10,15H2,1-2H3,(H,16,17). The van der Waals surface area contributed by atoms with Crippen LogP contribution in [0.4, 0.5) is 0 Å². The van der Waals surface area contributed by atoms with Crippen molar-refractivity contribution in [1.82, 2.24) is 5.32 Å². The number of nitrogens with two attached hydrogens (primary N) is 1. The summed E-state index contributed by atoms with van der Waals surface area (Å²) in [7, 11) is 0. The molecular formula is C14H28N2O2. The van der Waals surface area contributed by atoms with E-state index >= 15 is 0 Å². The average Bonchev–Trinajstić information content (AvgIpc) is 2.36. The van der Waals surface area contributed by atoms with E-state index in [4.69, 9.17) is 10.5 Å². The molecule has 0 bridgehead atoms. The lowest BCUT2D eigenvalue weighted by atomic mass is 9.97. The number of ether oxygens (including phenoxy) is 1. The van der Waals surface area contributed by atoms with Crippen molar-refractivity contribution >= 4 is 5.91 Å². The van der Waals surface area contributed by atoms with Gasteiger partial charge in [0.2, 0.25) is 5.91 Å². The third kappa shape index (κ3) is 5.83.